The van der Waals surface area contributed by atoms with Crippen LogP contribution in [0.15, 0.2) is 78.0 Å². The van der Waals surface area contributed by atoms with E-state index in [9.17, 15) is 17.6 Å². The van der Waals surface area contributed by atoms with E-state index in [4.69, 9.17) is 4.74 Å². The summed E-state index contributed by atoms with van der Waals surface area (Å²) < 4.78 is 45.1. The van der Waals surface area contributed by atoms with Crippen molar-refractivity contribution in [1.82, 2.24) is 9.72 Å². The molecule has 1 N–H and O–H groups in total. The van der Waals surface area contributed by atoms with Crippen LogP contribution >= 0.6 is 0 Å². The lowest BCUT2D eigenvalue weighted by molar-refractivity contribution is 0.0951. The van der Waals surface area contributed by atoms with Crippen molar-refractivity contribution in [3.8, 4) is 16.9 Å². The molecule has 0 atom stereocenters. The standard InChI is InChI=1S/C26H25FN2O4S/c1-17(2)34(31,32)23-9-6-19(7-10-23)20-5-8-22-13-21(16-29(22)15-20)26(30)28-14-18-4-11-24(27)25(12-18)33-3/h4-13,15-17H,14H2,1-3H3,(H,28,30). The molecule has 0 aliphatic rings. The number of carbonyl (C=O) groups is 1. The number of rotatable bonds is 7. The van der Waals surface area contributed by atoms with E-state index in [0.29, 0.717) is 10.5 Å². The number of sulfone groups is 1. The number of nitrogens with one attached hydrogen (secondary N) is 1. The summed E-state index contributed by atoms with van der Waals surface area (Å²) in [5, 5.41) is 2.35. The minimum atomic E-state index is -3.32. The van der Waals surface area contributed by atoms with E-state index in [-0.39, 0.29) is 18.2 Å². The van der Waals surface area contributed by atoms with Crippen LogP contribution in [0.4, 0.5) is 4.39 Å². The summed E-state index contributed by atoms with van der Waals surface area (Å²) in [6.07, 6.45) is 3.62. The van der Waals surface area contributed by atoms with Gasteiger partial charge in [-0.05, 0) is 66.9 Å². The second-order valence-corrected chi connectivity index (χ2v) is 10.8. The Balaban J connectivity index is 1.51. The predicted molar refractivity (Wildman–Crippen MR) is 129 cm³/mol. The summed E-state index contributed by atoms with van der Waals surface area (Å²) in [5.41, 5.74) is 3.82. The summed E-state index contributed by atoms with van der Waals surface area (Å²) >= 11 is 0. The van der Waals surface area contributed by atoms with Crippen molar-refractivity contribution >= 4 is 21.3 Å². The average Bonchev–Trinajstić information content (AvgIpc) is 3.27. The molecule has 2 aromatic carbocycles. The highest BCUT2D eigenvalue weighted by atomic mass is 32.2. The predicted octanol–water partition coefficient (Wildman–Crippen LogP) is 4.87. The van der Waals surface area contributed by atoms with Gasteiger partial charge in [0.25, 0.3) is 5.91 Å². The molecule has 4 rings (SSSR count). The average molecular weight is 481 g/mol. The number of benzene rings is 2. The highest BCUT2D eigenvalue weighted by molar-refractivity contribution is 7.92. The third kappa shape index (κ3) is 4.68. The molecule has 8 heteroatoms. The van der Waals surface area contributed by atoms with E-state index < -0.39 is 20.9 Å². The van der Waals surface area contributed by atoms with E-state index in [0.717, 1.165) is 22.2 Å². The van der Waals surface area contributed by atoms with Gasteiger partial charge in [-0.25, -0.2) is 12.8 Å². The Morgan fingerprint density at radius 2 is 1.71 bits per heavy atom. The molecule has 0 saturated carbocycles. The van der Waals surface area contributed by atoms with Gasteiger partial charge in [-0.2, -0.15) is 0 Å². The number of carbonyl (C=O) groups excluding carboxylic acids is 1. The summed E-state index contributed by atoms with van der Waals surface area (Å²) in [5.74, 6) is -0.580. The van der Waals surface area contributed by atoms with Gasteiger partial charge >= 0.3 is 0 Å². The van der Waals surface area contributed by atoms with Gasteiger partial charge < -0.3 is 14.5 Å². The maximum absolute atomic E-state index is 13.6. The highest BCUT2D eigenvalue weighted by Gasteiger charge is 2.19. The van der Waals surface area contributed by atoms with E-state index in [1.54, 1.807) is 62.5 Å². The lowest BCUT2D eigenvalue weighted by Gasteiger charge is -2.09. The third-order valence-electron chi connectivity index (χ3n) is 5.66. The van der Waals surface area contributed by atoms with Gasteiger partial charge in [0, 0.05) is 24.5 Å². The molecule has 2 aromatic heterocycles. The first-order valence-corrected chi connectivity index (χ1v) is 12.3. The van der Waals surface area contributed by atoms with Crippen molar-refractivity contribution in [3.63, 3.8) is 0 Å². The van der Waals surface area contributed by atoms with Crippen LogP contribution in [-0.4, -0.2) is 31.1 Å². The maximum atomic E-state index is 13.6. The summed E-state index contributed by atoms with van der Waals surface area (Å²) in [6, 6.07) is 16.9. The van der Waals surface area contributed by atoms with Gasteiger partial charge in [0.15, 0.2) is 21.4 Å². The zero-order valence-electron chi connectivity index (χ0n) is 19.1. The minimum absolute atomic E-state index is 0.128. The number of fused-ring (bicyclic) bond motifs is 1. The fourth-order valence-electron chi connectivity index (χ4n) is 3.61. The lowest BCUT2D eigenvalue weighted by atomic mass is 10.1. The molecule has 0 radical (unpaired) electrons. The number of aromatic nitrogens is 1. The van der Waals surface area contributed by atoms with Crippen LogP contribution in [-0.2, 0) is 16.4 Å². The van der Waals surface area contributed by atoms with E-state index in [1.807, 2.05) is 22.7 Å². The zero-order chi connectivity index (χ0) is 24.5. The summed E-state index contributed by atoms with van der Waals surface area (Å²) in [7, 11) is -1.93. The third-order valence-corrected chi connectivity index (χ3v) is 7.83. The molecule has 0 fully saturated rings. The van der Waals surface area contributed by atoms with Crippen molar-refractivity contribution in [1.29, 1.82) is 0 Å². The van der Waals surface area contributed by atoms with Crippen LogP contribution in [0.25, 0.3) is 16.6 Å². The van der Waals surface area contributed by atoms with Crippen molar-refractivity contribution in [2.75, 3.05) is 7.11 Å². The lowest BCUT2D eigenvalue weighted by Crippen LogP contribution is -2.22. The van der Waals surface area contributed by atoms with Gasteiger partial charge in [0.2, 0.25) is 0 Å². The molecular formula is C26H25FN2O4S. The van der Waals surface area contributed by atoms with E-state index >= 15 is 0 Å². The van der Waals surface area contributed by atoms with Crippen LogP contribution in [0.1, 0.15) is 29.8 Å². The summed E-state index contributed by atoms with van der Waals surface area (Å²) in [4.78, 5) is 13.0. The van der Waals surface area contributed by atoms with Crippen molar-refractivity contribution in [2.24, 2.45) is 0 Å². The van der Waals surface area contributed by atoms with Crippen LogP contribution in [0.5, 0.6) is 5.75 Å². The van der Waals surface area contributed by atoms with Crippen molar-refractivity contribution < 1.29 is 22.3 Å². The second kappa shape index (κ2) is 9.30. The number of methoxy groups -OCH3 is 1. The molecule has 0 aliphatic carbocycles. The number of hydrogen-bond acceptors (Lipinski definition) is 4. The largest absolute Gasteiger partial charge is 0.494 e. The summed E-state index contributed by atoms with van der Waals surface area (Å²) in [6.45, 7) is 3.56. The number of ether oxygens (including phenoxy) is 1. The Morgan fingerprint density at radius 3 is 2.38 bits per heavy atom. The number of pyridine rings is 1. The Kier molecular flexibility index (Phi) is 6.43. The van der Waals surface area contributed by atoms with Crippen LogP contribution in [0, 0.1) is 5.82 Å². The smallest absolute Gasteiger partial charge is 0.253 e. The van der Waals surface area contributed by atoms with Gasteiger partial charge in [-0.3, -0.25) is 4.79 Å². The fourth-order valence-corrected chi connectivity index (χ4v) is 4.67. The first-order chi connectivity index (χ1) is 16.2. The minimum Gasteiger partial charge on any atom is -0.494 e. The Bertz CT molecular complexity index is 1460. The van der Waals surface area contributed by atoms with Gasteiger partial charge in [-0.15, -0.1) is 0 Å². The molecule has 4 aromatic rings. The molecule has 0 saturated heterocycles. The number of hydrogen-bond donors (Lipinski definition) is 1. The van der Waals surface area contributed by atoms with Crippen LogP contribution in [0.3, 0.4) is 0 Å². The number of nitrogens with zero attached hydrogens (tertiary/aromatic N) is 1. The molecule has 0 spiro atoms. The molecule has 0 aliphatic heterocycles. The first kappa shape index (κ1) is 23.5. The molecule has 2 heterocycles. The quantitative estimate of drug-likeness (QED) is 0.410. The van der Waals surface area contributed by atoms with Gasteiger partial charge in [0.05, 0.1) is 22.8 Å². The molecule has 0 bridgehead atoms. The maximum Gasteiger partial charge on any atom is 0.253 e. The topological polar surface area (TPSA) is 76.9 Å². The molecular weight excluding hydrogens is 455 g/mol. The zero-order valence-corrected chi connectivity index (χ0v) is 19.9. The normalized spacial score (nSPS) is 11.7. The molecule has 6 nitrogen and oxygen atoms in total. The monoisotopic (exact) mass is 480 g/mol. The van der Waals surface area contributed by atoms with Crippen molar-refractivity contribution in [3.05, 3.63) is 90.0 Å². The second-order valence-electron chi connectivity index (χ2n) is 8.25. The Labute approximate surface area is 197 Å². The fraction of sp³-hybridized carbons (Fsp3) is 0.192. The highest BCUT2D eigenvalue weighted by Crippen LogP contribution is 2.25. The van der Waals surface area contributed by atoms with Crippen LogP contribution in [0.2, 0.25) is 0 Å². The molecule has 176 valence electrons. The van der Waals surface area contributed by atoms with Crippen molar-refractivity contribution in [2.45, 2.75) is 30.5 Å². The van der Waals surface area contributed by atoms with Crippen LogP contribution < -0.4 is 10.1 Å². The SMILES string of the molecule is COc1cc(CNC(=O)c2cc3ccc(-c4ccc(S(=O)(=O)C(C)C)cc4)cn3c2)ccc1F. The number of amides is 1. The first-order valence-electron chi connectivity index (χ1n) is 10.8. The Hall–Kier alpha value is -3.65. The number of halogens is 1. The van der Waals surface area contributed by atoms with E-state index in [2.05, 4.69) is 5.32 Å². The molecule has 34 heavy (non-hydrogen) atoms. The molecule has 0 unspecified atom stereocenters. The Morgan fingerprint density at radius 1 is 1.00 bits per heavy atom. The molecule has 1 amide bonds. The van der Waals surface area contributed by atoms with Gasteiger partial charge in [-0.1, -0.05) is 24.3 Å². The van der Waals surface area contributed by atoms with Gasteiger partial charge in [0.1, 0.15) is 0 Å². The van der Waals surface area contributed by atoms with E-state index in [1.165, 1.54) is 13.2 Å².